The van der Waals surface area contributed by atoms with Crippen LogP contribution in [0.4, 0.5) is 9.18 Å². The first kappa shape index (κ1) is 15.8. The number of carboxylic acid groups (broad SMARTS) is 1. The number of halogens is 1. The Labute approximate surface area is 126 Å². The summed E-state index contributed by atoms with van der Waals surface area (Å²) in [5.74, 6) is -1.24. The Balaban J connectivity index is 1.87. The van der Waals surface area contributed by atoms with Gasteiger partial charge in [0, 0.05) is 31.7 Å². The van der Waals surface area contributed by atoms with E-state index in [0.29, 0.717) is 13.0 Å². The van der Waals surface area contributed by atoms with Crippen molar-refractivity contribution in [1.29, 1.82) is 0 Å². The second-order valence-electron chi connectivity index (χ2n) is 5.00. The SMILES string of the molecule is Cn1cc(CCNC(=O)NCCC(=O)O)c2ccc(F)cc21. The smallest absolute Gasteiger partial charge is 0.314 e. The van der Waals surface area contributed by atoms with Crippen LogP contribution in [0.3, 0.4) is 0 Å². The van der Waals surface area contributed by atoms with Crippen LogP contribution < -0.4 is 10.6 Å². The number of hydrogen-bond acceptors (Lipinski definition) is 2. The van der Waals surface area contributed by atoms with E-state index in [1.54, 1.807) is 6.07 Å². The van der Waals surface area contributed by atoms with Crippen molar-refractivity contribution < 1.29 is 19.1 Å². The Hall–Kier alpha value is -2.57. The van der Waals surface area contributed by atoms with Gasteiger partial charge in [-0.3, -0.25) is 4.79 Å². The number of aliphatic carboxylic acids is 1. The van der Waals surface area contributed by atoms with Crippen LogP contribution in [0, 0.1) is 5.82 Å². The molecule has 2 rings (SSSR count). The van der Waals surface area contributed by atoms with Crippen molar-refractivity contribution in [2.75, 3.05) is 13.1 Å². The maximum absolute atomic E-state index is 13.2. The van der Waals surface area contributed by atoms with Crippen LogP contribution in [-0.4, -0.2) is 34.8 Å². The molecule has 6 nitrogen and oxygen atoms in total. The minimum atomic E-state index is -0.955. The third kappa shape index (κ3) is 3.97. The molecule has 22 heavy (non-hydrogen) atoms. The van der Waals surface area contributed by atoms with Gasteiger partial charge >= 0.3 is 12.0 Å². The normalized spacial score (nSPS) is 10.6. The van der Waals surface area contributed by atoms with Crippen molar-refractivity contribution in [2.45, 2.75) is 12.8 Å². The third-order valence-electron chi connectivity index (χ3n) is 3.34. The molecule has 0 saturated carbocycles. The molecule has 0 unspecified atom stereocenters. The van der Waals surface area contributed by atoms with Gasteiger partial charge < -0.3 is 20.3 Å². The predicted octanol–water partition coefficient (Wildman–Crippen LogP) is 1.63. The topological polar surface area (TPSA) is 83.4 Å². The van der Waals surface area contributed by atoms with Crippen LogP contribution in [0.2, 0.25) is 0 Å². The fourth-order valence-corrected chi connectivity index (χ4v) is 2.30. The number of aromatic nitrogens is 1. The summed E-state index contributed by atoms with van der Waals surface area (Å²) in [6, 6.07) is 4.22. The lowest BCUT2D eigenvalue weighted by molar-refractivity contribution is -0.136. The first-order valence-electron chi connectivity index (χ1n) is 6.94. The van der Waals surface area contributed by atoms with Crippen molar-refractivity contribution in [1.82, 2.24) is 15.2 Å². The number of urea groups is 1. The lowest BCUT2D eigenvalue weighted by Gasteiger charge is -2.06. The summed E-state index contributed by atoms with van der Waals surface area (Å²) in [5, 5.41) is 14.6. The highest BCUT2D eigenvalue weighted by atomic mass is 19.1. The highest BCUT2D eigenvalue weighted by molar-refractivity contribution is 5.84. The van der Waals surface area contributed by atoms with Crippen molar-refractivity contribution >= 4 is 22.9 Å². The highest BCUT2D eigenvalue weighted by Gasteiger charge is 2.08. The Morgan fingerprint density at radius 1 is 1.27 bits per heavy atom. The van der Waals surface area contributed by atoms with E-state index in [4.69, 9.17) is 5.11 Å². The monoisotopic (exact) mass is 307 g/mol. The molecule has 0 saturated heterocycles. The van der Waals surface area contributed by atoms with Crippen molar-refractivity contribution in [3.63, 3.8) is 0 Å². The number of carbonyl (C=O) groups excluding carboxylic acids is 1. The second-order valence-corrected chi connectivity index (χ2v) is 5.00. The van der Waals surface area contributed by atoms with E-state index < -0.39 is 12.0 Å². The van der Waals surface area contributed by atoms with E-state index in [-0.39, 0.29) is 18.8 Å². The average Bonchev–Trinajstić information content (AvgIpc) is 2.75. The number of nitrogens with one attached hydrogen (secondary N) is 2. The van der Waals surface area contributed by atoms with E-state index in [1.807, 2.05) is 17.8 Å². The van der Waals surface area contributed by atoms with Gasteiger partial charge in [0.25, 0.3) is 0 Å². The van der Waals surface area contributed by atoms with Crippen LogP contribution in [0.5, 0.6) is 0 Å². The van der Waals surface area contributed by atoms with Crippen molar-refractivity contribution in [3.8, 4) is 0 Å². The van der Waals surface area contributed by atoms with Crippen LogP contribution >= 0.6 is 0 Å². The number of benzene rings is 1. The van der Waals surface area contributed by atoms with Gasteiger partial charge in [-0.2, -0.15) is 0 Å². The van der Waals surface area contributed by atoms with Gasteiger partial charge in [-0.05, 0) is 30.2 Å². The summed E-state index contributed by atoms with van der Waals surface area (Å²) in [5.41, 5.74) is 1.82. The molecule has 2 amide bonds. The summed E-state index contributed by atoms with van der Waals surface area (Å²) in [4.78, 5) is 21.8. The molecule has 1 aromatic heterocycles. The third-order valence-corrected chi connectivity index (χ3v) is 3.34. The molecule has 118 valence electrons. The molecule has 0 aliphatic carbocycles. The highest BCUT2D eigenvalue weighted by Crippen LogP contribution is 2.21. The maximum atomic E-state index is 13.2. The Kier molecular flexibility index (Phi) is 4.98. The number of amides is 2. The zero-order chi connectivity index (χ0) is 16.1. The van der Waals surface area contributed by atoms with E-state index in [9.17, 15) is 14.0 Å². The second kappa shape index (κ2) is 6.93. The van der Waals surface area contributed by atoms with Crippen LogP contribution in [0.1, 0.15) is 12.0 Å². The molecule has 1 heterocycles. The fraction of sp³-hybridized carbons (Fsp3) is 0.333. The van der Waals surface area contributed by atoms with Crippen LogP contribution in [-0.2, 0) is 18.3 Å². The molecule has 0 aliphatic rings. The lowest BCUT2D eigenvalue weighted by Crippen LogP contribution is -2.37. The summed E-state index contributed by atoms with van der Waals surface area (Å²) in [6.45, 7) is 0.504. The lowest BCUT2D eigenvalue weighted by atomic mass is 10.1. The standard InChI is InChI=1S/C15H18FN3O3/c1-19-9-10(12-3-2-11(16)8-13(12)19)4-6-17-15(22)18-7-5-14(20)21/h2-3,8-9H,4-7H2,1H3,(H,20,21)(H2,17,18,22). The van der Waals surface area contributed by atoms with Gasteiger partial charge in [-0.25, -0.2) is 9.18 Å². The van der Waals surface area contributed by atoms with Gasteiger partial charge in [0.2, 0.25) is 0 Å². The zero-order valence-electron chi connectivity index (χ0n) is 12.2. The van der Waals surface area contributed by atoms with Gasteiger partial charge in [0.05, 0.1) is 11.9 Å². The molecule has 0 bridgehead atoms. The number of fused-ring (bicyclic) bond motifs is 1. The van der Waals surface area contributed by atoms with Gasteiger partial charge in [-0.15, -0.1) is 0 Å². The number of aryl methyl sites for hydroxylation is 1. The van der Waals surface area contributed by atoms with Crippen molar-refractivity contribution in [2.24, 2.45) is 7.05 Å². The molecule has 3 N–H and O–H groups in total. The Morgan fingerprint density at radius 2 is 2.00 bits per heavy atom. The minimum absolute atomic E-state index is 0.0920. The largest absolute Gasteiger partial charge is 0.481 e. The Morgan fingerprint density at radius 3 is 2.73 bits per heavy atom. The van der Waals surface area contributed by atoms with E-state index >= 15 is 0 Å². The number of rotatable bonds is 6. The van der Waals surface area contributed by atoms with Gasteiger partial charge in [0.15, 0.2) is 0 Å². The Bertz CT molecular complexity index is 697. The number of nitrogens with zero attached hydrogens (tertiary/aromatic N) is 1. The molecule has 0 spiro atoms. The summed E-state index contributed by atoms with van der Waals surface area (Å²) in [7, 11) is 1.84. The van der Waals surface area contributed by atoms with Crippen molar-refractivity contribution in [3.05, 3.63) is 35.8 Å². The van der Waals surface area contributed by atoms with Crippen LogP contribution in [0.25, 0.3) is 10.9 Å². The quantitative estimate of drug-likeness (QED) is 0.758. The molecule has 0 aliphatic heterocycles. The number of hydrogen-bond donors (Lipinski definition) is 3. The minimum Gasteiger partial charge on any atom is -0.481 e. The zero-order valence-corrected chi connectivity index (χ0v) is 12.2. The molecular formula is C15H18FN3O3. The predicted molar refractivity (Wildman–Crippen MR) is 80.2 cm³/mol. The molecule has 0 fully saturated rings. The average molecular weight is 307 g/mol. The first-order chi connectivity index (χ1) is 10.5. The van der Waals surface area contributed by atoms with Crippen LogP contribution in [0.15, 0.2) is 24.4 Å². The summed E-state index contributed by atoms with van der Waals surface area (Å²) < 4.78 is 15.1. The first-order valence-corrected chi connectivity index (χ1v) is 6.94. The van der Waals surface area contributed by atoms with E-state index in [2.05, 4.69) is 10.6 Å². The fourth-order valence-electron chi connectivity index (χ4n) is 2.30. The van der Waals surface area contributed by atoms with E-state index in [0.717, 1.165) is 16.5 Å². The van der Waals surface area contributed by atoms with Gasteiger partial charge in [-0.1, -0.05) is 0 Å². The molecule has 7 heteroatoms. The molecule has 2 aromatic rings. The van der Waals surface area contributed by atoms with E-state index in [1.165, 1.54) is 12.1 Å². The maximum Gasteiger partial charge on any atom is 0.314 e. The summed E-state index contributed by atoms with van der Waals surface area (Å²) in [6.07, 6.45) is 2.41. The molecule has 1 aromatic carbocycles. The molecule has 0 radical (unpaired) electrons. The molecular weight excluding hydrogens is 289 g/mol. The summed E-state index contributed by atoms with van der Waals surface area (Å²) >= 11 is 0. The van der Waals surface area contributed by atoms with Gasteiger partial charge in [0.1, 0.15) is 5.82 Å². The number of carbonyl (C=O) groups is 2. The molecule has 0 atom stereocenters. The number of carboxylic acids is 1.